The number of hydrogen-bond acceptors (Lipinski definition) is 3. The first-order valence-corrected chi connectivity index (χ1v) is 7.24. The van der Waals surface area contributed by atoms with Crippen molar-refractivity contribution < 1.29 is 0 Å². The van der Waals surface area contributed by atoms with Crippen LogP contribution in [-0.2, 0) is 11.8 Å². The Morgan fingerprint density at radius 3 is 2.61 bits per heavy atom. The quantitative estimate of drug-likeness (QED) is 0.785. The van der Waals surface area contributed by atoms with Crippen molar-refractivity contribution in [3.63, 3.8) is 0 Å². The van der Waals surface area contributed by atoms with Gasteiger partial charge < -0.3 is 5.73 Å². The van der Waals surface area contributed by atoms with E-state index in [2.05, 4.69) is 26.0 Å². The molecular weight excluding hydrogens is 240 g/mol. The summed E-state index contributed by atoms with van der Waals surface area (Å²) in [6.07, 6.45) is 3.71. The van der Waals surface area contributed by atoms with Crippen molar-refractivity contribution in [1.29, 1.82) is 0 Å². The average molecular weight is 258 g/mol. The zero-order chi connectivity index (χ0) is 12.8. The van der Waals surface area contributed by atoms with Gasteiger partial charge in [0.25, 0.3) is 0 Å². The molecule has 1 aliphatic rings. The maximum absolute atomic E-state index is 5.73. The Hall–Kier alpha value is -1.35. The summed E-state index contributed by atoms with van der Waals surface area (Å²) in [6, 6.07) is 8.01. The van der Waals surface area contributed by atoms with Gasteiger partial charge in [-0.1, -0.05) is 13.8 Å². The summed E-state index contributed by atoms with van der Waals surface area (Å²) < 4.78 is 0. The molecule has 0 spiro atoms. The van der Waals surface area contributed by atoms with Gasteiger partial charge in [-0.3, -0.25) is 0 Å². The van der Waals surface area contributed by atoms with Crippen LogP contribution >= 0.6 is 11.3 Å². The number of aromatic nitrogens is 1. The van der Waals surface area contributed by atoms with Crippen LogP contribution in [0.25, 0.3) is 10.6 Å². The Morgan fingerprint density at radius 2 is 1.94 bits per heavy atom. The van der Waals surface area contributed by atoms with Crippen LogP contribution < -0.4 is 5.73 Å². The fourth-order valence-corrected chi connectivity index (χ4v) is 3.90. The molecule has 0 atom stereocenters. The van der Waals surface area contributed by atoms with Crippen molar-refractivity contribution in [1.82, 2.24) is 4.98 Å². The molecule has 1 aromatic heterocycles. The number of benzene rings is 1. The van der Waals surface area contributed by atoms with Crippen molar-refractivity contribution in [2.75, 3.05) is 5.73 Å². The van der Waals surface area contributed by atoms with E-state index in [1.54, 1.807) is 0 Å². The predicted octanol–water partition coefficient (Wildman–Crippen LogP) is 4.01. The van der Waals surface area contributed by atoms with Crippen molar-refractivity contribution in [2.24, 2.45) is 0 Å². The number of anilines is 1. The van der Waals surface area contributed by atoms with Crippen LogP contribution in [0.1, 0.15) is 37.3 Å². The molecule has 94 valence electrons. The van der Waals surface area contributed by atoms with Gasteiger partial charge in [-0.05, 0) is 43.5 Å². The lowest BCUT2D eigenvalue weighted by atomic mass is 9.79. The first-order valence-electron chi connectivity index (χ1n) is 6.42. The van der Waals surface area contributed by atoms with Gasteiger partial charge >= 0.3 is 0 Å². The Balaban J connectivity index is 2.05. The van der Waals surface area contributed by atoms with Gasteiger partial charge in [0.15, 0.2) is 0 Å². The summed E-state index contributed by atoms with van der Waals surface area (Å²) >= 11 is 1.84. The van der Waals surface area contributed by atoms with Gasteiger partial charge in [-0.2, -0.15) is 0 Å². The van der Waals surface area contributed by atoms with Crippen molar-refractivity contribution in [3.8, 4) is 10.6 Å². The van der Waals surface area contributed by atoms with E-state index in [0.29, 0.717) is 0 Å². The summed E-state index contributed by atoms with van der Waals surface area (Å²) in [5.41, 5.74) is 9.26. The third-order valence-electron chi connectivity index (χ3n) is 3.70. The third-order valence-corrected chi connectivity index (χ3v) is 4.87. The van der Waals surface area contributed by atoms with Crippen LogP contribution in [-0.4, -0.2) is 4.98 Å². The molecule has 0 unspecified atom stereocenters. The molecule has 1 aromatic carbocycles. The van der Waals surface area contributed by atoms with Crippen LogP contribution in [0.3, 0.4) is 0 Å². The fourth-order valence-electron chi connectivity index (χ4n) is 2.61. The second-order valence-corrected chi connectivity index (χ2v) is 6.73. The van der Waals surface area contributed by atoms with Crippen LogP contribution in [0.5, 0.6) is 0 Å². The lowest BCUT2D eigenvalue weighted by molar-refractivity contribution is 0.424. The zero-order valence-corrected chi connectivity index (χ0v) is 11.7. The van der Waals surface area contributed by atoms with Crippen LogP contribution in [0.15, 0.2) is 24.3 Å². The summed E-state index contributed by atoms with van der Waals surface area (Å²) in [5, 5.41) is 1.13. The van der Waals surface area contributed by atoms with E-state index in [4.69, 9.17) is 10.7 Å². The van der Waals surface area contributed by atoms with E-state index in [1.165, 1.54) is 35.4 Å². The summed E-state index contributed by atoms with van der Waals surface area (Å²) in [6.45, 7) is 4.61. The second kappa shape index (κ2) is 4.09. The lowest BCUT2D eigenvalue weighted by Crippen LogP contribution is -2.23. The van der Waals surface area contributed by atoms with E-state index in [0.717, 1.165) is 10.7 Å². The molecule has 2 nitrogen and oxygen atoms in total. The van der Waals surface area contributed by atoms with E-state index in [9.17, 15) is 0 Å². The molecule has 0 amide bonds. The maximum Gasteiger partial charge on any atom is 0.123 e. The Kier molecular flexibility index (Phi) is 2.67. The van der Waals surface area contributed by atoms with E-state index in [1.807, 2.05) is 23.5 Å². The van der Waals surface area contributed by atoms with Gasteiger partial charge in [0, 0.05) is 21.5 Å². The second-order valence-electron chi connectivity index (χ2n) is 5.65. The summed E-state index contributed by atoms with van der Waals surface area (Å²) in [4.78, 5) is 6.35. The van der Waals surface area contributed by atoms with Gasteiger partial charge in [0.05, 0.1) is 5.69 Å². The SMILES string of the molecule is CC1(C)CCCc2sc(-c3ccc(N)cc3)nc21. The molecule has 18 heavy (non-hydrogen) atoms. The number of nitrogens with two attached hydrogens (primary N) is 1. The average Bonchev–Trinajstić information content (AvgIpc) is 2.75. The van der Waals surface area contributed by atoms with Crippen LogP contribution in [0.2, 0.25) is 0 Å². The first-order chi connectivity index (χ1) is 8.56. The van der Waals surface area contributed by atoms with Crippen molar-refractivity contribution in [2.45, 2.75) is 38.5 Å². The molecule has 0 saturated carbocycles. The van der Waals surface area contributed by atoms with Gasteiger partial charge in [0.2, 0.25) is 0 Å². The third kappa shape index (κ3) is 1.93. The fraction of sp³-hybridized carbons (Fsp3) is 0.400. The van der Waals surface area contributed by atoms with Crippen LogP contribution in [0, 0.1) is 0 Å². The smallest absolute Gasteiger partial charge is 0.123 e. The standard InChI is InChI=1S/C15H18N2S/c1-15(2)9-3-4-12-13(15)17-14(18-12)10-5-7-11(16)8-6-10/h5-8H,3-4,9,16H2,1-2H3. The molecule has 2 aromatic rings. The molecule has 1 aliphatic carbocycles. The molecular formula is C15H18N2S. The minimum Gasteiger partial charge on any atom is -0.399 e. The number of fused-ring (bicyclic) bond motifs is 1. The highest BCUT2D eigenvalue weighted by molar-refractivity contribution is 7.15. The highest BCUT2D eigenvalue weighted by atomic mass is 32.1. The highest BCUT2D eigenvalue weighted by Gasteiger charge is 2.31. The Labute approximate surface area is 112 Å². The van der Waals surface area contributed by atoms with Crippen molar-refractivity contribution >= 4 is 17.0 Å². The number of nitrogen functional groups attached to an aromatic ring is 1. The Bertz CT molecular complexity index is 567. The zero-order valence-electron chi connectivity index (χ0n) is 10.9. The predicted molar refractivity (Wildman–Crippen MR) is 77.9 cm³/mol. The highest BCUT2D eigenvalue weighted by Crippen LogP contribution is 2.41. The maximum atomic E-state index is 5.73. The minimum absolute atomic E-state index is 0.232. The molecule has 3 rings (SSSR count). The number of rotatable bonds is 1. The normalized spacial score (nSPS) is 17.4. The molecule has 0 bridgehead atoms. The lowest BCUT2D eigenvalue weighted by Gasteiger charge is -2.28. The topological polar surface area (TPSA) is 38.9 Å². The molecule has 0 saturated heterocycles. The molecule has 1 heterocycles. The monoisotopic (exact) mass is 258 g/mol. The first kappa shape index (κ1) is 11.7. The molecule has 3 heteroatoms. The molecule has 0 radical (unpaired) electrons. The van der Waals surface area contributed by atoms with Crippen molar-refractivity contribution in [3.05, 3.63) is 34.8 Å². The van der Waals surface area contributed by atoms with E-state index < -0.39 is 0 Å². The van der Waals surface area contributed by atoms with Crippen LogP contribution in [0.4, 0.5) is 5.69 Å². The molecule has 2 N–H and O–H groups in total. The number of nitrogens with zero attached hydrogens (tertiary/aromatic N) is 1. The molecule has 0 fully saturated rings. The number of thiazole rings is 1. The largest absolute Gasteiger partial charge is 0.399 e. The molecule has 0 aliphatic heterocycles. The van der Waals surface area contributed by atoms with Gasteiger partial charge in [0.1, 0.15) is 5.01 Å². The minimum atomic E-state index is 0.232. The van der Waals surface area contributed by atoms with E-state index in [-0.39, 0.29) is 5.41 Å². The van der Waals surface area contributed by atoms with Gasteiger partial charge in [-0.15, -0.1) is 11.3 Å². The number of hydrogen-bond donors (Lipinski definition) is 1. The Morgan fingerprint density at radius 1 is 1.22 bits per heavy atom. The number of aryl methyl sites for hydroxylation is 1. The summed E-state index contributed by atoms with van der Waals surface area (Å²) in [5.74, 6) is 0. The van der Waals surface area contributed by atoms with E-state index >= 15 is 0 Å². The summed E-state index contributed by atoms with van der Waals surface area (Å²) in [7, 11) is 0. The van der Waals surface area contributed by atoms with Gasteiger partial charge in [-0.25, -0.2) is 4.98 Å².